The van der Waals surface area contributed by atoms with Crippen LogP contribution >= 0.6 is 12.2 Å². The molecule has 144 valence electrons. The third kappa shape index (κ3) is 3.31. The summed E-state index contributed by atoms with van der Waals surface area (Å²) in [7, 11) is 1.93. The number of ketones is 1. The van der Waals surface area contributed by atoms with Crippen LogP contribution in [0, 0.1) is 13.8 Å². The Hall–Kier alpha value is -2.66. The molecule has 1 N–H and O–H groups in total. The van der Waals surface area contributed by atoms with E-state index in [-0.39, 0.29) is 11.8 Å². The highest BCUT2D eigenvalue weighted by Gasteiger charge is 2.35. The molecule has 0 bridgehead atoms. The van der Waals surface area contributed by atoms with Gasteiger partial charge in [-0.05, 0) is 73.8 Å². The maximum atomic E-state index is 12.6. The first-order valence-electron chi connectivity index (χ1n) is 9.60. The smallest absolute Gasteiger partial charge is 0.173 e. The first-order valence-corrected chi connectivity index (χ1v) is 10.0. The molecule has 1 atom stereocenters. The van der Waals surface area contributed by atoms with Crippen LogP contribution in [0.4, 0.5) is 0 Å². The van der Waals surface area contributed by atoms with Gasteiger partial charge in [0.05, 0.1) is 6.04 Å². The number of nitrogens with one attached hydrogen (secondary N) is 1. The Balaban J connectivity index is 1.63. The summed E-state index contributed by atoms with van der Waals surface area (Å²) in [5.74, 6) is 1.85. The van der Waals surface area contributed by atoms with Gasteiger partial charge in [-0.2, -0.15) is 0 Å². The molecule has 1 heterocycles. The Kier molecular flexibility index (Phi) is 4.94. The van der Waals surface area contributed by atoms with E-state index in [0.717, 1.165) is 46.7 Å². The van der Waals surface area contributed by atoms with Crippen molar-refractivity contribution in [3.63, 3.8) is 0 Å². The Bertz CT molecular complexity index is 979. The maximum absolute atomic E-state index is 12.6. The molecule has 1 aliphatic heterocycles. The molecule has 4 nitrogen and oxygen atoms in total. The fraction of sp³-hybridized carbons (Fsp3) is 0.304. The second-order valence-corrected chi connectivity index (χ2v) is 7.83. The number of carbonyl (C=O) groups is 1. The average molecular weight is 393 g/mol. The average Bonchev–Trinajstić information content (AvgIpc) is 2.69. The van der Waals surface area contributed by atoms with E-state index in [9.17, 15) is 4.79 Å². The van der Waals surface area contributed by atoms with E-state index in [2.05, 4.69) is 25.2 Å². The quantitative estimate of drug-likeness (QED) is 0.748. The van der Waals surface area contributed by atoms with Gasteiger partial charge < -0.3 is 15.0 Å². The van der Waals surface area contributed by atoms with Gasteiger partial charge in [-0.25, -0.2) is 0 Å². The summed E-state index contributed by atoms with van der Waals surface area (Å²) in [5, 5.41) is 4.00. The van der Waals surface area contributed by atoms with Gasteiger partial charge >= 0.3 is 0 Å². The van der Waals surface area contributed by atoms with E-state index in [4.69, 9.17) is 17.0 Å². The van der Waals surface area contributed by atoms with Crippen molar-refractivity contribution < 1.29 is 9.53 Å². The van der Waals surface area contributed by atoms with Gasteiger partial charge in [0.25, 0.3) is 0 Å². The Labute approximate surface area is 171 Å². The minimum atomic E-state index is -0.193. The van der Waals surface area contributed by atoms with Crippen molar-refractivity contribution in [1.29, 1.82) is 0 Å². The number of ether oxygens (including phenoxy) is 1. The van der Waals surface area contributed by atoms with Crippen molar-refractivity contribution in [3.05, 3.63) is 70.4 Å². The molecule has 28 heavy (non-hydrogen) atoms. The standard InChI is InChI=1S/C23H24N2O2S/c1-14-6-4-9-20(15(14)2)27-17-12-10-16(11-13-17)22-21-18(7-5-8-19(21)26)25(3)23(28)24-22/h4,6,9-13,22H,5,7-8H2,1-3H3,(H,24,28). The van der Waals surface area contributed by atoms with Gasteiger partial charge in [0.15, 0.2) is 10.9 Å². The summed E-state index contributed by atoms with van der Waals surface area (Å²) >= 11 is 5.50. The Morgan fingerprint density at radius 1 is 1.11 bits per heavy atom. The summed E-state index contributed by atoms with van der Waals surface area (Å²) in [6, 6.07) is 13.8. The van der Waals surface area contributed by atoms with Crippen molar-refractivity contribution in [2.45, 2.75) is 39.2 Å². The highest BCUT2D eigenvalue weighted by atomic mass is 32.1. The topological polar surface area (TPSA) is 41.6 Å². The van der Waals surface area contributed by atoms with Crippen LogP contribution < -0.4 is 10.1 Å². The number of hydrogen-bond acceptors (Lipinski definition) is 3. The third-order valence-corrected chi connectivity index (χ3v) is 6.08. The first-order chi connectivity index (χ1) is 13.5. The molecule has 2 aromatic rings. The predicted molar refractivity (Wildman–Crippen MR) is 115 cm³/mol. The maximum Gasteiger partial charge on any atom is 0.173 e. The Morgan fingerprint density at radius 3 is 2.61 bits per heavy atom. The molecule has 0 amide bonds. The lowest BCUT2D eigenvalue weighted by molar-refractivity contribution is -0.116. The molecule has 5 heteroatoms. The fourth-order valence-corrected chi connectivity index (χ4v) is 4.11. The van der Waals surface area contributed by atoms with Crippen LogP contribution in [-0.4, -0.2) is 22.8 Å². The molecule has 1 aliphatic carbocycles. The summed E-state index contributed by atoms with van der Waals surface area (Å²) in [4.78, 5) is 14.6. The number of thiocarbonyl (C=S) groups is 1. The van der Waals surface area contributed by atoms with Crippen LogP contribution in [0.3, 0.4) is 0 Å². The normalized spacial score (nSPS) is 19.4. The van der Waals surface area contributed by atoms with Crippen molar-refractivity contribution in [3.8, 4) is 11.5 Å². The third-order valence-electron chi connectivity index (χ3n) is 5.69. The summed E-state index contributed by atoms with van der Waals surface area (Å²) in [6.07, 6.45) is 2.38. The molecule has 0 saturated heterocycles. The van der Waals surface area contributed by atoms with Crippen LogP contribution in [-0.2, 0) is 4.79 Å². The van der Waals surface area contributed by atoms with Crippen LogP contribution in [0.25, 0.3) is 0 Å². The van der Waals surface area contributed by atoms with E-state index in [0.29, 0.717) is 11.5 Å². The lowest BCUT2D eigenvalue weighted by Gasteiger charge is -2.39. The lowest BCUT2D eigenvalue weighted by Crippen LogP contribution is -2.47. The first kappa shape index (κ1) is 18.7. The van der Waals surface area contributed by atoms with Gasteiger partial charge in [0.1, 0.15) is 11.5 Å². The van der Waals surface area contributed by atoms with Crippen LogP contribution in [0.1, 0.15) is 42.0 Å². The molecular formula is C23H24N2O2S. The zero-order chi connectivity index (χ0) is 19.8. The highest BCUT2D eigenvalue weighted by Crippen LogP contribution is 2.37. The summed E-state index contributed by atoms with van der Waals surface area (Å²) < 4.78 is 6.06. The molecule has 0 aromatic heterocycles. The highest BCUT2D eigenvalue weighted by molar-refractivity contribution is 7.80. The molecular weight excluding hydrogens is 368 g/mol. The predicted octanol–water partition coefficient (Wildman–Crippen LogP) is 4.96. The van der Waals surface area contributed by atoms with E-state index in [1.807, 2.05) is 48.3 Å². The van der Waals surface area contributed by atoms with Crippen LogP contribution in [0.5, 0.6) is 11.5 Å². The van der Waals surface area contributed by atoms with E-state index >= 15 is 0 Å². The number of Topliss-reactive ketones (excluding diaryl/α,β-unsaturated/α-hetero) is 1. The molecule has 0 saturated carbocycles. The van der Waals surface area contributed by atoms with Crippen molar-refractivity contribution >= 4 is 23.1 Å². The number of aryl methyl sites for hydroxylation is 1. The van der Waals surface area contributed by atoms with Gasteiger partial charge in [-0.1, -0.05) is 24.3 Å². The minimum Gasteiger partial charge on any atom is -0.457 e. The Morgan fingerprint density at radius 2 is 1.86 bits per heavy atom. The number of carbonyl (C=O) groups excluding carboxylic acids is 1. The summed E-state index contributed by atoms with van der Waals surface area (Å²) in [6.45, 7) is 4.14. The SMILES string of the molecule is Cc1cccc(Oc2ccc(C3NC(=S)N(C)C4=C3C(=O)CCC4)cc2)c1C. The number of allylic oxidation sites excluding steroid dienone is 1. The fourth-order valence-electron chi connectivity index (χ4n) is 3.88. The molecule has 2 aromatic carbocycles. The second kappa shape index (κ2) is 7.40. The number of nitrogens with zero attached hydrogens (tertiary/aromatic N) is 1. The zero-order valence-corrected chi connectivity index (χ0v) is 17.2. The van der Waals surface area contributed by atoms with Gasteiger partial charge in [-0.15, -0.1) is 0 Å². The zero-order valence-electron chi connectivity index (χ0n) is 16.4. The molecule has 2 aliphatic rings. The van der Waals surface area contributed by atoms with Gasteiger partial charge in [0.2, 0.25) is 0 Å². The molecule has 1 unspecified atom stereocenters. The second-order valence-electron chi connectivity index (χ2n) is 7.45. The minimum absolute atomic E-state index is 0.193. The number of hydrogen-bond donors (Lipinski definition) is 1. The molecule has 0 radical (unpaired) electrons. The molecule has 0 spiro atoms. The van der Waals surface area contributed by atoms with Gasteiger partial charge in [0, 0.05) is 24.7 Å². The van der Waals surface area contributed by atoms with Crippen LogP contribution in [0.15, 0.2) is 53.7 Å². The largest absolute Gasteiger partial charge is 0.457 e. The van der Waals surface area contributed by atoms with Crippen LogP contribution in [0.2, 0.25) is 0 Å². The van der Waals surface area contributed by atoms with E-state index in [1.165, 1.54) is 5.56 Å². The molecule has 4 rings (SSSR count). The summed E-state index contributed by atoms with van der Waals surface area (Å²) in [5.41, 5.74) is 5.27. The van der Waals surface area contributed by atoms with Gasteiger partial charge in [-0.3, -0.25) is 4.79 Å². The lowest BCUT2D eigenvalue weighted by atomic mass is 9.85. The van der Waals surface area contributed by atoms with E-state index in [1.54, 1.807) is 0 Å². The molecule has 0 fully saturated rings. The van der Waals surface area contributed by atoms with E-state index < -0.39 is 0 Å². The monoisotopic (exact) mass is 392 g/mol. The number of benzene rings is 2. The van der Waals surface area contributed by atoms with Crippen molar-refractivity contribution in [1.82, 2.24) is 10.2 Å². The van der Waals surface area contributed by atoms with Crippen molar-refractivity contribution in [2.24, 2.45) is 0 Å². The number of rotatable bonds is 3. The van der Waals surface area contributed by atoms with Crippen molar-refractivity contribution in [2.75, 3.05) is 7.05 Å².